The van der Waals surface area contributed by atoms with Crippen molar-refractivity contribution >= 4 is 17.3 Å². The second kappa shape index (κ2) is 3.82. The van der Waals surface area contributed by atoms with Crippen LogP contribution in [0.4, 0.5) is 0 Å². The summed E-state index contributed by atoms with van der Waals surface area (Å²) in [5.41, 5.74) is 0.995. The lowest BCUT2D eigenvalue weighted by molar-refractivity contribution is 0.0594. The number of nitrogens with one attached hydrogen (secondary N) is 1. The van der Waals surface area contributed by atoms with Gasteiger partial charge in [0.05, 0.1) is 7.11 Å². The molecule has 15 heavy (non-hydrogen) atoms. The Balaban J connectivity index is 2.41. The van der Waals surface area contributed by atoms with Crippen LogP contribution < -0.4 is 0 Å². The van der Waals surface area contributed by atoms with Crippen LogP contribution in [0.25, 0.3) is 10.8 Å². The number of thiazole rings is 1. The van der Waals surface area contributed by atoms with Gasteiger partial charge in [0.15, 0.2) is 16.5 Å². The number of esters is 1. The molecule has 0 saturated carbocycles. The Labute approximate surface area is 90.1 Å². The molecule has 2 rings (SSSR count). The lowest BCUT2D eigenvalue weighted by Crippen LogP contribution is -2.03. The number of aromatic amines is 1. The molecule has 6 heteroatoms. The molecule has 0 bridgehead atoms. The molecule has 2 aromatic heterocycles. The Morgan fingerprint density at radius 1 is 1.60 bits per heavy atom. The summed E-state index contributed by atoms with van der Waals surface area (Å²) in [4.78, 5) is 22.5. The highest BCUT2D eigenvalue weighted by Crippen LogP contribution is 2.20. The van der Waals surface area contributed by atoms with Crippen LogP contribution in [-0.2, 0) is 4.74 Å². The van der Waals surface area contributed by atoms with E-state index in [0.717, 1.165) is 5.01 Å². The normalized spacial score (nSPS) is 10.3. The Bertz CT molecular complexity index is 476. The number of carbonyl (C=O) groups is 1. The number of carbonyl (C=O) groups excluding carboxylic acids is 1. The van der Waals surface area contributed by atoms with E-state index in [0.29, 0.717) is 17.2 Å². The lowest BCUT2D eigenvalue weighted by Gasteiger charge is -1.93. The molecule has 0 saturated heterocycles. The molecule has 0 radical (unpaired) electrons. The van der Waals surface area contributed by atoms with Gasteiger partial charge >= 0.3 is 5.97 Å². The number of aryl methyl sites for hydroxylation is 1. The minimum Gasteiger partial charge on any atom is -0.464 e. The van der Waals surface area contributed by atoms with E-state index in [9.17, 15) is 4.79 Å². The maximum absolute atomic E-state index is 11.3. The molecule has 0 fully saturated rings. The summed E-state index contributed by atoms with van der Waals surface area (Å²) in [7, 11) is 1.33. The van der Waals surface area contributed by atoms with Crippen molar-refractivity contribution in [2.24, 2.45) is 0 Å². The van der Waals surface area contributed by atoms with Gasteiger partial charge in [-0.3, -0.25) is 0 Å². The number of H-pyrrole nitrogens is 1. The highest BCUT2D eigenvalue weighted by Gasteiger charge is 2.16. The topological polar surface area (TPSA) is 67.9 Å². The summed E-state index contributed by atoms with van der Waals surface area (Å²) in [5.74, 6) is 0.162. The number of ether oxygens (including phenoxy) is 1. The molecular weight excluding hydrogens is 214 g/mol. The second-order valence-electron chi connectivity index (χ2n) is 2.89. The third kappa shape index (κ3) is 1.75. The molecule has 1 N–H and O–H groups in total. The van der Waals surface area contributed by atoms with Crippen LogP contribution in [0.1, 0.15) is 16.2 Å². The van der Waals surface area contributed by atoms with Crippen LogP contribution in [0.2, 0.25) is 0 Å². The predicted octanol–water partition coefficient (Wildman–Crippen LogP) is 1.63. The van der Waals surface area contributed by atoms with Gasteiger partial charge in [-0.15, -0.1) is 11.3 Å². The average Bonchev–Trinajstić information content (AvgIpc) is 2.84. The maximum atomic E-state index is 11.3. The van der Waals surface area contributed by atoms with Gasteiger partial charge < -0.3 is 9.72 Å². The number of imidazole rings is 1. The molecule has 0 aliphatic rings. The zero-order chi connectivity index (χ0) is 10.8. The monoisotopic (exact) mass is 223 g/mol. The molecule has 0 aliphatic heterocycles. The standard InChI is InChI=1S/C9H9N3O2S/c1-5-6(9(13)14-2)12-7(11-5)8-10-3-4-15-8/h3-4H,1-2H3,(H,11,12). The van der Waals surface area contributed by atoms with Crippen molar-refractivity contribution in [3.63, 3.8) is 0 Å². The van der Waals surface area contributed by atoms with Gasteiger partial charge in [-0.25, -0.2) is 14.8 Å². The van der Waals surface area contributed by atoms with E-state index in [1.165, 1.54) is 18.4 Å². The molecule has 5 nitrogen and oxygen atoms in total. The largest absolute Gasteiger partial charge is 0.464 e. The summed E-state index contributed by atoms with van der Waals surface area (Å²) >= 11 is 1.46. The minimum absolute atomic E-state index is 0.308. The first-order chi connectivity index (χ1) is 7.22. The fraction of sp³-hybridized carbons (Fsp3) is 0.222. The van der Waals surface area contributed by atoms with Gasteiger partial charge in [0.2, 0.25) is 0 Å². The van der Waals surface area contributed by atoms with E-state index in [-0.39, 0.29) is 0 Å². The van der Waals surface area contributed by atoms with Crippen molar-refractivity contribution in [1.82, 2.24) is 15.0 Å². The van der Waals surface area contributed by atoms with Gasteiger partial charge in [0.1, 0.15) is 0 Å². The molecule has 0 spiro atoms. The van der Waals surface area contributed by atoms with E-state index in [2.05, 4.69) is 19.7 Å². The van der Waals surface area contributed by atoms with E-state index < -0.39 is 5.97 Å². The van der Waals surface area contributed by atoms with Gasteiger partial charge in [-0.1, -0.05) is 0 Å². The number of aromatic nitrogens is 3. The van der Waals surface area contributed by atoms with Crippen molar-refractivity contribution in [1.29, 1.82) is 0 Å². The summed E-state index contributed by atoms with van der Waals surface area (Å²) in [6.07, 6.45) is 1.69. The molecule has 2 aromatic rings. The van der Waals surface area contributed by atoms with Crippen molar-refractivity contribution in [3.05, 3.63) is 23.0 Å². The van der Waals surface area contributed by atoms with Crippen LogP contribution in [0.5, 0.6) is 0 Å². The zero-order valence-corrected chi connectivity index (χ0v) is 9.09. The summed E-state index contributed by atoms with van der Waals surface area (Å²) < 4.78 is 4.61. The molecule has 0 amide bonds. The Morgan fingerprint density at radius 3 is 3.00 bits per heavy atom. The highest BCUT2D eigenvalue weighted by atomic mass is 32.1. The number of hydrogen-bond donors (Lipinski definition) is 1. The van der Waals surface area contributed by atoms with Crippen LogP contribution in [0.3, 0.4) is 0 Å². The number of rotatable bonds is 2. The van der Waals surface area contributed by atoms with E-state index in [1.807, 2.05) is 5.38 Å². The van der Waals surface area contributed by atoms with E-state index >= 15 is 0 Å². The highest BCUT2D eigenvalue weighted by molar-refractivity contribution is 7.13. The zero-order valence-electron chi connectivity index (χ0n) is 8.27. The fourth-order valence-electron chi connectivity index (χ4n) is 1.20. The molecule has 0 aromatic carbocycles. The van der Waals surface area contributed by atoms with Crippen LogP contribution in [-0.4, -0.2) is 28.0 Å². The molecule has 0 unspecified atom stereocenters. The Morgan fingerprint density at radius 2 is 2.40 bits per heavy atom. The molecule has 2 heterocycles. The van der Waals surface area contributed by atoms with Crippen molar-refractivity contribution in [2.45, 2.75) is 6.92 Å². The Kier molecular flexibility index (Phi) is 2.51. The number of nitrogens with zero attached hydrogens (tertiary/aromatic N) is 2. The smallest absolute Gasteiger partial charge is 0.358 e. The average molecular weight is 223 g/mol. The van der Waals surface area contributed by atoms with Gasteiger partial charge in [-0.05, 0) is 6.92 Å². The third-order valence-electron chi connectivity index (χ3n) is 1.90. The second-order valence-corrected chi connectivity index (χ2v) is 3.78. The predicted molar refractivity (Wildman–Crippen MR) is 55.8 cm³/mol. The maximum Gasteiger partial charge on any atom is 0.358 e. The summed E-state index contributed by atoms with van der Waals surface area (Å²) in [6.45, 7) is 1.77. The Hall–Kier alpha value is -1.69. The van der Waals surface area contributed by atoms with E-state index in [1.54, 1.807) is 13.1 Å². The lowest BCUT2D eigenvalue weighted by atomic mass is 10.3. The van der Waals surface area contributed by atoms with Crippen molar-refractivity contribution < 1.29 is 9.53 Å². The minimum atomic E-state index is -0.438. The summed E-state index contributed by atoms with van der Waals surface area (Å²) in [5, 5.41) is 2.61. The molecule has 0 aliphatic carbocycles. The molecule has 78 valence electrons. The van der Waals surface area contributed by atoms with Crippen molar-refractivity contribution in [2.75, 3.05) is 7.11 Å². The molecule has 0 atom stereocenters. The van der Waals surface area contributed by atoms with Crippen LogP contribution >= 0.6 is 11.3 Å². The van der Waals surface area contributed by atoms with Gasteiger partial charge in [-0.2, -0.15) is 0 Å². The van der Waals surface area contributed by atoms with Gasteiger partial charge in [0, 0.05) is 17.3 Å². The SMILES string of the molecule is COC(=O)c1nc(-c2nccs2)[nH]c1C. The number of methoxy groups -OCH3 is 1. The fourth-order valence-corrected chi connectivity index (χ4v) is 1.78. The van der Waals surface area contributed by atoms with E-state index in [4.69, 9.17) is 0 Å². The quantitative estimate of drug-likeness (QED) is 0.786. The van der Waals surface area contributed by atoms with Crippen LogP contribution in [0.15, 0.2) is 11.6 Å². The number of hydrogen-bond acceptors (Lipinski definition) is 5. The first-order valence-electron chi connectivity index (χ1n) is 4.27. The third-order valence-corrected chi connectivity index (χ3v) is 2.68. The van der Waals surface area contributed by atoms with Crippen LogP contribution in [0, 0.1) is 6.92 Å². The van der Waals surface area contributed by atoms with Gasteiger partial charge in [0.25, 0.3) is 0 Å². The first-order valence-corrected chi connectivity index (χ1v) is 5.15. The van der Waals surface area contributed by atoms with Crippen molar-refractivity contribution in [3.8, 4) is 10.8 Å². The summed E-state index contributed by atoms with van der Waals surface area (Å²) in [6, 6.07) is 0. The first kappa shape index (κ1) is 9.85. The molecular formula is C9H9N3O2S.